The Labute approximate surface area is 111 Å². The van der Waals surface area contributed by atoms with Gasteiger partial charge in [-0.15, -0.1) is 0 Å². The molecule has 1 N–H and O–H groups in total. The normalized spacial score (nSPS) is 10.3. The molecule has 3 heteroatoms. The van der Waals surface area contributed by atoms with Crippen LogP contribution in [0.4, 0.5) is 0 Å². The zero-order valence-corrected chi connectivity index (χ0v) is 10.7. The second kappa shape index (κ2) is 5.23. The Bertz CT molecular complexity index is 577. The summed E-state index contributed by atoms with van der Waals surface area (Å²) in [5, 5.41) is 10.2. The molecule has 0 aliphatic carbocycles. The molecule has 0 radical (unpaired) electrons. The zero-order valence-electron chi connectivity index (χ0n) is 9.98. The number of benzene rings is 2. The Morgan fingerprint density at radius 2 is 1.89 bits per heavy atom. The smallest absolute Gasteiger partial charge is 0.161 e. The van der Waals surface area contributed by atoms with Crippen LogP contribution in [-0.4, -0.2) is 10.9 Å². The molecule has 0 saturated heterocycles. The fourth-order valence-corrected chi connectivity index (χ4v) is 2.13. The van der Waals surface area contributed by atoms with E-state index in [1.54, 1.807) is 6.07 Å². The van der Waals surface area contributed by atoms with E-state index >= 15 is 0 Å². The third-order valence-electron chi connectivity index (χ3n) is 2.79. The number of Topliss-reactive ketones (excluding diaryl/α,β-unsaturated/α-hetero) is 1. The lowest BCUT2D eigenvalue weighted by molar-refractivity contribution is 0.101. The molecule has 2 rings (SSSR count). The SMILES string of the molecule is CC(=O)c1cc(Cc2ccccc2)c(O)cc1Cl. The monoisotopic (exact) mass is 260 g/mol. The van der Waals surface area contributed by atoms with E-state index in [4.69, 9.17) is 11.6 Å². The molecule has 0 aliphatic rings. The molecule has 2 aromatic rings. The zero-order chi connectivity index (χ0) is 13.1. The lowest BCUT2D eigenvalue weighted by Crippen LogP contribution is -1.97. The van der Waals surface area contributed by atoms with Gasteiger partial charge in [0, 0.05) is 12.0 Å². The summed E-state index contributed by atoms with van der Waals surface area (Å²) in [6.45, 7) is 1.46. The Hall–Kier alpha value is -1.80. The molecule has 2 nitrogen and oxygen atoms in total. The van der Waals surface area contributed by atoms with Crippen molar-refractivity contribution in [3.63, 3.8) is 0 Å². The van der Waals surface area contributed by atoms with Crippen LogP contribution >= 0.6 is 11.6 Å². The Balaban J connectivity index is 2.39. The third kappa shape index (κ3) is 2.71. The molecule has 18 heavy (non-hydrogen) atoms. The van der Waals surface area contributed by atoms with Gasteiger partial charge in [-0.2, -0.15) is 0 Å². The van der Waals surface area contributed by atoms with Crippen LogP contribution in [0, 0.1) is 0 Å². The standard InChI is InChI=1S/C15H13ClO2/c1-10(17)13-8-12(15(18)9-14(13)16)7-11-5-3-2-4-6-11/h2-6,8-9,18H,7H2,1H3. The summed E-state index contributed by atoms with van der Waals surface area (Å²) in [7, 11) is 0. The van der Waals surface area contributed by atoms with Crippen LogP contribution in [0.15, 0.2) is 42.5 Å². The van der Waals surface area contributed by atoms with E-state index in [0.29, 0.717) is 17.5 Å². The van der Waals surface area contributed by atoms with E-state index in [1.165, 1.54) is 13.0 Å². The molecule has 0 spiro atoms. The average Bonchev–Trinajstić information content (AvgIpc) is 2.33. The lowest BCUT2D eigenvalue weighted by atomic mass is 10.0. The van der Waals surface area contributed by atoms with Gasteiger partial charge in [-0.25, -0.2) is 0 Å². The fourth-order valence-electron chi connectivity index (χ4n) is 1.83. The summed E-state index contributed by atoms with van der Waals surface area (Å²) in [5.41, 5.74) is 2.22. The first-order valence-electron chi connectivity index (χ1n) is 5.64. The number of halogens is 1. The van der Waals surface area contributed by atoms with Crippen molar-refractivity contribution in [1.82, 2.24) is 0 Å². The second-order valence-electron chi connectivity index (χ2n) is 4.18. The number of hydrogen-bond acceptors (Lipinski definition) is 2. The van der Waals surface area contributed by atoms with Crippen LogP contribution < -0.4 is 0 Å². The molecular weight excluding hydrogens is 248 g/mol. The van der Waals surface area contributed by atoms with Crippen LogP contribution in [0.25, 0.3) is 0 Å². The second-order valence-corrected chi connectivity index (χ2v) is 4.59. The van der Waals surface area contributed by atoms with Crippen LogP contribution in [-0.2, 0) is 6.42 Å². The summed E-state index contributed by atoms with van der Waals surface area (Å²) in [6, 6.07) is 12.8. The maximum absolute atomic E-state index is 11.4. The van der Waals surface area contributed by atoms with E-state index in [-0.39, 0.29) is 16.6 Å². The van der Waals surface area contributed by atoms with Gasteiger partial charge in [0.25, 0.3) is 0 Å². The van der Waals surface area contributed by atoms with Crippen molar-refractivity contribution < 1.29 is 9.90 Å². The minimum atomic E-state index is -0.102. The number of rotatable bonds is 3. The van der Waals surface area contributed by atoms with E-state index in [1.807, 2.05) is 30.3 Å². The molecule has 0 unspecified atom stereocenters. The summed E-state index contributed by atoms with van der Waals surface area (Å²) in [5.74, 6) is 0.0168. The minimum absolute atomic E-state index is 0.102. The first-order valence-corrected chi connectivity index (χ1v) is 6.02. The van der Waals surface area contributed by atoms with E-state index in [9.17, 15) is 9.90 Å². The number of carbonyl (C=O) groups is 1. The largest absolute Gasteiger partial charge is 0.508 e. The first kappa shape index (κ1) is 12.7. The number of hydrogen-bond donors (Lipinski definition) is 1. The van der Waals surface area contributed by atoms with Gasteiger partial charge < -0.3 is 5.11 Å². The fraction of sp³-hybridized carbons (Fsp3) is 0.133. The molecule has 0 atom stereocenters. The number of aromatic hydroxyl groups is 1. The van der Waals surface area contributed by atoms with Gasteiger partial charge in [0.05, 0.1) is 5.02 Å². The van der Waals surface area contributed by atoms with Gasteiger partial charge in [0.1, 0.15) is 5.75 Å². The van der Waals surface area contributed by atoms with Crippen molar-refractivity contribution in [3.05, 3.63) is 64.2 Å². The molecule has 0 fully saturated rings. The van der Waals surface area contributed by atoms with Crippen molar-refractivity contribution in [1.29, 1.82) is 0 Å². The molecule has 0 bridgehead atoms. The molecule has 0 heterocycles. The van der Waals surface area contributed by atoms with Gasteiger partial charge >= 0.3 is 0 Å². The molecule has 0 amide bonds. The maximum Gasteiger partial charge on any atom is 0.161 e. The Kier molecular flexibility index (Phi) is 3.68. The molecule has 0 aromatic heterocycles. The van der Waals surface area contributed by atoms with E-state index < -0.39 is 0 Å². The van der Waals surface area contributed by atoms with Gasteiger partial charge in [0.15, 0.2) is 5.78 Å². The summed E-state index contributed by atoms with van der Waals surface area (Å²) < 4.78 is 0. The van der Waals surface area contributed by atoms with Crippen LogP contribution in [0.1, 0.15) is 28.4 Å². The molecule has 0 saturated carbocycles. The number of phenolic OH excluding ortho intramolecular Hbond substituents is 1. The maximum atomic E-state index is 11.4. The summed E-state index contributed by atoms with van der Waals surface area (Å²) in [4.78, 5) is 11.4. The number of carbonyl (C=O) groups excluding carboxylic acids is 1. The van der Waals surface area contributed by atoms with Crippen LogP contribution in [0.3, 0.4) is 0 Å². The van der Waals surface area contributed by atoms with Gasteiger partial charge in [0.2, 0.25) is 0 Å². The van der Waals surface area contributed by atoms with Crippen molar-refractivity contribution in [2.75, 3.05) is 0 Å². The van der Waals surface area contributed by atoms with E-state index in [2.05, 4.69) is 0 Å². The van der Waals surface area contributed by atoms with Crippen LogP contribution in [0.2, 0.25) is 5.02 Å². The predicted molar refractivity (Wildman–Crippen MR) is 72.4 cm³/mol. The van der Waals surface area contributed by atoms with Crippen LogP contribution in [0.5, 0.6) is 5.75 Å². The van der Waals surface area contributed by atoms with Gasteiger partial charge in [-0.3, -0.25) is 4.79 Å². The third-order valence-corrected chi connectivity index (χ3v) is 3.10. The first-order chi connectivity index (χ1) is 8.58. The van der Waals surface area contributed by atoms with Gasteiger partial charge in [-0.1, -0.05) is 41.9 Å². The number of phenols is 1. The molecular formula is C15H13ClO2. The average molecular weight is 261 g/mol. The summed E-state index contributed by atoms with van der Waals surface area (Å²) in [6.07, 6.45) is 0.574. The minimum Gasteiger partial charge on any atom is -0.508 e. The van der Waals surface area contributed by atoms with Crippen molar-refractivity contribution in [2.45, 2.75) is 13.3 Å². The van der Waals surface area contributed by atoms with Crippen molar-refractivity contribution in [2.24, 2.45) is 0 Å². The molecule has 2 aromatic carbocycles. The molecule has 92 valence electrons. The molecule has 0 aliphatic heterocycles. The topological polar surface area (TPSA) is 37.3 Å². The highest BCUT2D eigenvalue weighted by Gasteiger charge is 2.11. The van der Waals surface area contributed by atoms with Gasteiger partial charge in [-0.05, 0) is 30.2 Å². The quantitative estimate of drug-likeness (QED) is 0.852. The Morgan fingerprint density at radius 3 is 2.50 bits per heavy atom. The Morgan fingerprint density at radius 1 is 1.22 bits per heavy atom. The lowest BCUT2D eigenvalue weighted by Gasteiger charge is -2.08. The highest BCUT2D eigenvalue weighted by molar-refractivity contribution is 6.34. The van der Waals surface area contributed by atoms with Crippen molar-refractivity contribution in [3.8, 4) is 5.75 Å². The van der Waals surface area contributed by atoms with Crippen molar-refractivity contribution >= 4 is 17.4 Å². The highest BCUT2D eigenvalue weighted by Crippen LogP contribution is 2.28. The van der Waals surface area contributed by atoms with E-state index in [0.717, 1.165) is 5.56 Å². The summed E-state index contributed by atoms with van der Waals surface area (Å²) >= 11 is 5.92. The number of ketones is 1. The highest BCUT2D eigenvalue weighted by atomic mass is 35.5. The predicted octanol–water partition coefficient (Wildman–Crippen LogP) is 3.84.